The summed E-state index contributed by atoms with van der Waals surface area (Å²) < 4.78 is 0. The van der Waals surface area contributed by atoms with Gasteiger partial charge in [-0.15, -0.1) is 0 Å². The molecule has 0 radical (unpaired) electrons. The van der Waals surface area contributed by atoms with E-state index in [1.165, 1.54) is 21.8 Å². The summed E-state index contributed by atoms with van der Waals surface area (Å²) >= 11 is 12.2. The van der Waals surface area contributed by atoms with Gasteiger partial charge in [0.2, 0.25) is 0 Å². The molecule has 0 aliphatic heterocycles. The van der Waals surface area contributed by atoms with E-state index in [4.69, 9.17) is 23.2 Å². The predicted octanol–water partition coefficient (Wildman–Crippen LogP) is 5.28. The lowest BCUT2D eigenvalue weighted by Crippen LogP contribution is -2.26. The molecule has 3 rings (SSSR count). The van der Waals surface area contributed by atoms with Gasteiger partial charge in [-0.1, -0.05) is 53.5 Å². The molecule has 21 heavy (non-hydrogen) atoms. The Morgan fingerprint density at radius 3 is 2.38 bits per heavy atom. The number of hydrogen-bond acceptors (Lipinski definition) is 2. The van der Waals surface area contributed by atoms with Crippen LogP contribution in [0.2, 0.25) is 10.0 Å². The van der Waals surface area contributed by atoms with E-state index < -0.39 is 0 Å². The van der Waals surface area contributed by atoms with Crippen molar-refractivity contribution < 1.29 is 5.21 Å². The lowest BCUT2D eigenvalue weighted by Gasteiger charge is -2.34. The number of hydroxylamine groups is 2. The van der Waals surface area contributed by atoms with Crippen LogP contribution in [0.1, 0.15) is 41.5 Å². The van der Waals surface area contributed by atoms with Gasteiger partial charge in [0.15, 0.2) is 0 Å². The molecule has 1 aliphatic rings. The van der Waals surface area contributed by atoms with E-state index in [0.717, 1.165) is 12.8 Å². The molecule has 2 atom stereocenters. The standard InChI is InChI=1S/C17H17Cl2NO/c1-20(21)17-9-7-12(13-4-2-3-5-14(13)17)11-6-8-15(18)16(19)10-11/h2-6,8,10,12,17,21H,7,9H2,1H3. The zero-order valence-electron chi connectivity index (χ0n) is 11.8. The zero-order chi connectivity index (χ0) is 15.0. The summed E-state index contributed by atoms with van der Waals surface area (Å²) in [5, 5.41) is 12.3. The fraction of sp³-hybridized carbons (Fsp3) is 0.294. The fourth-order valence-electron chi connectivity index (χ4n) is 3.23. The fourth-order valence-corrected chi connectivity index (χ4v) is 3.54. The van der Waals surface area contributed by atoms with Gasteiger partial charge in [0, 0.05) is 13.0 Å². The molecular weight excluding hydrogens is 305 g/mol. The average Bonchev–Trinajstić information content (AvgIpc) is 2.49. The van der Waals surface area contributed by atoms with Crippen molar-refractivity contribution in [3.8, 4) is 0 Å². The first kappa shape index (κ1) is 14.9. The predicted molar refractivity (Wildman–Crippen MR) is 86.3 cm³/mol. The van der Waals surface area contributed by atoms with Crippen LogP contribution in [0.3, 0.4) is 0 Å². The summed E-state index contributed by atoms with van der Waals surface area (Å²) in [5.74, 6) is 0.298. The van der Waals surface area contributed by atoms with Crippen LogP contribution in [-0.4, -0.2) is 17.3 Å². The van der Waals surface area contributed by atoms with Crippen LogP contribution >= 0.6 is 23.2 Å². The molecule has 4 heteroatoms. The molecular formula is C17H17Cl2NO. The van der Waals surface area contributed by atoms with E-state index >= 15 is 0 Å². The van der Waals surface area contributed by atoms with Crippen LogP contribution in [0.15, 0.2) is 42.5 Å². The number of fused-ring (bicyclic) bond motifs is 1. The maximum absolute atomic E-state index is 9.86. The normalized spacial score (nSPS) is 21.4. The molecule has 0 saturated heterocycles. The van der Waals surface area contributed by atoms with Crippen LogP contribution in [0.5, 0.6) is 0 Å². The highest BCUT2D eigenvalue weighted by Gasteiger charge is 2.29. The van der Waals surface area contributed by atoms with Gasteiger partial charge in [0.25, 0.3) is 0 Å². The summed E-state index contributed by atoms with van der Waals surface area (Å²) in [7, 11) is 1.71. The number of hydrogen-bond donors (Lipinski definition) is 1. The second-order valence-corrected chi connectivity index (χ2v) is 6.34. The van der Waals surface area contributed by atoms with Gasteiger partial charge in [-0.05, 0) is 41.7 Å². The van der Waals surface area contributed by atoms with Gasteiger partial charge in [-0.3, -0.25) is 0 Å². The second-order valence-electron chi connectivity index (χ2n) is 5.52. The lowest BCUT2D eigenvalue weighted by molar-refractivity contribution is -0.109. The van der Waals surface area contributed by atoms with E-state index in [9.17, 15) is 5.21 Å². The second kappa shape index (κ2) is 5.98. The molecule has 1 aliphatic carbocycles. The molecule has 0 spiro atoms. The minimum absolute atomic E-state index is 0.0558. The molecule has 0 fully saturated rings. The Bertz CT molecular complexity index is 657. The van der Waals surface area contributed by atoms with E-state index in [2.05, 4.69) is 12.1 Å². The van der Waals surface area contributed by atoms with Gasteiger partial charge in [-0.25, -0.2) is 0 Å². The van der Waals surface area contributed by atoms with Gasteiger partial charge < -0.3 is 5.21 Å². The first-order chi connectivity index (χ1) is 10.1. The van der Waals surface area contributed by atoms with Gasteiger partial charge in [0.1, 0.15) is 0 Å². The molecule has 0 heterocycles. The van der Waals surface area contributed by atoms with E-state index in [-0.39, 0.29) is 6.04 Å². The van der Waals surface area contributed by atoms with Crippen LogP contribution in [0, 0.1) is 0 Å². The number of nitrogens with zero attached hydrogens (tertiary/aromatic N) is 1. The lowest BCUT2D eigenvalue weighted by atomic mass is 9.77. The number of benzene rings is 2. The van der Waals surface area contributed by atoms with Crippen LogP contribution in [0.25, 0.3) is 0 Å². The molecule has 2 aromatic carbocycles. The SMILES string of the molecule is CN(O)C1CCC(c2ccc(Cl)c(Cl)c2)c2ccccc21. The van der Waals surface area contributed by atoms with Gasteiger partial charge in [-0.2, -0.15) is 5.06 Å². The van der Waals surface area contributed by atoms with E-state index in [0.29, 0.717) is 16.0 Å². The van der Waals surface area contributed by atoms with Crippen molar-refractivity contribution in [1.82, 2.24) is 5.06 Å². The maximum Gasteiger partial charge on any atom is 0.0599 e. The van der Waals surface area contributed by atoms with Crippen LogP contribution in [-0.2, 0) is 0 Å². The minimum atomic E-state index is 0.0558. The summed E-state index contributed by atoms with van der Waals surface area (Å²) in [5.41, 5.74) is 3.62. The quantitative estimate of drug-likeness (QED) is 0.760. The summed E-state index contributed by atoms with van der Waals surface area (Å²) in [6.07, 6.45) is 1.89. The molecule has 0 saturated carbocycles. The molecule has 0 aromatic heterocycles. The molecule has 2 unspecified atom stereocenters. The third kappa shape index (κ3) is 2.82. The average molecular weight is 322 g/mol. The van der Waals surface area contributed by atoms with Crippen LogP contribution in [0.4, 0.5) is 0 Å². The topological polar surface area (TPSA) is 23.5 Å². The highest BCUT2D eigenvalue weighted by atomic mass is 35.5. The van der Waals surface area contributed by atoms with Gasteiger partial charge in [0.05, 0.1) is 16.1 Å². The third-order valence-corrected chi connectivity index (χ3v) is 5.00. The monoisotopic (exact) mass is 321 g/mol. The van der Waals surface area contributed by atoms with E-state index in [1.54, 1.807) is 7.05 Å². The summed E-state index contributed by atoms with van der Waals surface area (Å²) in [6.45, 7) is 0. The zero-order valence-corrected chi connectivity index (χ0v) is 13.3. The summed E-state index contributed by atoms with van der Waals surface area (Å²) in [4.78, 5) is 0. The largest absolute Gasteiger partial charge is 0.314 e. The van der Waals surface area contributed by atoms with Crippen molar-refractivity contribution in [2.24, 2.45) is 0 Å². The van der Waals surface area contributed by atoms with Crippen molar-refractivity contribution in [3.05, 3.63) is 69.2 Å². The Morgan fingerprint density at radius 2 is 1.71 bits per heavy atom. The third-order valence-electron chi connectivity index (χ3n) is 4.26. The highest BCUT2D eigenvalue weighted by molar-refractivity contribution is 6.42. The summed E-state index contributed by atoms with van der Waals surface area (Å²) in [6, 6.07) is 14.2. The first-order valence-corrected chi connectivity index (χ1v) is 7.79. The molecule has 2 aromatic rings. The Morgan fingerprint density at radius 1 is 1.00 bits per heavy atom. The Balaban J connectivity index is 2.05. The molecule has 1 N–H and O–H groups in total. The number of halogens is 2. The highest BCUT2D eigenvalue weighted by Crippen LogP contribution is 2.43. The molecule has 110 valence electrons. The van der Waals surface area contributed by atoms with Crippen molar-refractivity contribution in [1.29, 1.82) is 0 Å². The van der Waals surface area contributed by atoms with Crippen LogP contribution < -0.4 is 0 Å². The molecule has 0 amide bonds. The minimum Gasteiger partial charge on any atom is -0.314 e. The van der Waals surface area contributed by atoms with Crippen molar-refractivity contribution >= 4 is 23.2 Å². The van der Waals surface area contributed by atoms with Crippen molar-refractivity contribution in [2.45, 2.75) is 24.8 Å². The van der Waals surface area contributed by atoms with E-state index in [1.807, 2.05) is 30.3 Å². The first-order valence-electron chi connectivity index (χ1n) is 7.03. The maximum atomic E-state index is 9.86. The molecule has 0 bridgehead atoms. The smallest absolute Gasteiger partial charge is 0.0599 e. The van der Waals surface area contributed by atoms with Crippen molar-refractivity contribution in [2.75, 3.05) is 7.05 Å². The Hall–Kier alpha value is -1.06. The van der Waals surface area contributed by atoms with Gasteiger partial charge >= 0.3 is 0 Å². The Kier molecular flexibility index (Phi) is 4.23. The Labute approximate surface area is 134 Å². The molecule has 2 nitrogen and oxygen atoms in total. The number of rotatable bonds is 2. The van der Waals surface area contributed by atoms with Crippen molar-refractivity contribution in [3.63, 3.8) is 0 Å².